The lowest BCUT2D eigenvalue weighted by atomic mass is 10.0. The Morgan fingerprint density at radius 1 is 1.30 bits per heavy atom. The molecule has 20 heavy (non-hydrogen) atoms. The molecule has 1 N–H and O–H groups in total. The minimum Gasteiger partial charge on any atom is -0.255 e. The molecular weight excluding hydrogens is 318 g/mol. The number of anilines is 1. The molecule has 0 spiro atoms. The molecule has 0 radical (unpaired) electrons. The molecule has 106 valence electrons. The van der Waals surface area contributed by atoms with E-state index in [0.29, 0.717) is 5.13 Å². The largest absolute Gasteiger partial charge is 0.263 e. The molecule has 3 rings (SSSR count). The van der Waals surface area contributed by atoms with Crippen molar-refractivity contribution < 1.29 is 8.42 Å². The van der Waals surface area contributed by atoms with Crippen LogP contribution in [0.5, 0.6) is 0 Å². The van der Waals surface area contributed by atoms with Crippen molar-refractivity contribution in [3.8, 4) is 0 Å². The van der Waals surface area contributed by atoms with E-state index in [9.17, 15) is 8.42 Å². The van der Waals surface area contributed by atoms with Gasteiger partial charge in [-0.1, -0.05) is 11.6 Å². The molecule has 8 heteroatoms. The standard InChI is InChI=1S/C12H12ClN3O2S2/c13-11-7-8(5-6-14-11)20(17,18)16-12-15-9-3-1-2-4-10(9)19-12/h5-7H,1-4H2,(H,15,16). The minimum atomic E-state index is -3.66. The Labute approximate surface area is 126 Å². The highest BCUT2D eigenvalue weighted by atomic mass is 35.5. The van der Waals surface area contributed by atoms with Crippen molar-refractivity contribution in [2.45, 2.75) is 30.6 Å². The first-order valence-electron chi connectivity index (χ1n) is 6.17. The molecule has 0 saturated carbocycles. The van der Waals surface area contributed by atoms with E-state index in [0.717, 1.165) is 31.4 Å². The highest BCUT2D eigenvalue weighted by Gasteiger charge is 2.20. The van der Waals surface area contributed by atoms with Crippen LogP contribution in [0.1, 0.15) is 23.4 Å². The molecule has 0 fully saturated rings. The van der Waals surface area contributed by atoms with Crippen LogP contribution in [0.25, 0.3) is 0 Å². The summed E-state index contributed by atoms with van der Waals surface area (Å²) in [5.41, 5.74) is 1.02. The first-order chi connectivity index (χ1) is 9.54. The molecule has 5 nitrogen and oxygen atoms in total. The maximum absolute atomic E-state index is 12.2. The number of aromatic nitrogens is 2. The molecule has 2 aromatic rings. The summed E-state index contributed by atoms with van der Waals surface area (Å²) < 4.78 is 27.0. The quantitative estimate of drug-likeness (QED) is 0.879. The van der Waals surface area contributed by atoms with Gasteiger partial charge in [0.15, 0.2) is 5.13 Å². The Kier molecular flexibility index (Phi) is 3.66. The molecular formula is C12H12ClN3O2S2. The van der Waals surface area contributed by atoms with Crippen LogP contribution in [0.4, 0.5) is 5.13 Å². The number of hydrogen-bond acceptors (Lipinski definition) is 5. The van der Waals surface area contributed by atoms with Crippen LogP contribution in [0.3, 0.4) is 0 Å². The van der Waals surface area contributed by atoms with Crippen molar-refractivity contribution in [3.63, 3.8) is 0 Å². The van der Waals surface area contributed by atoms with E-state index in [-0.39, 0.29) is 10.0 Å². The van der Waals surface area contributed by atoms with E-state index in [1.807, 2.05) is 0 Å². The van der Waals surface area contributed by atoms with Crippen molar-refractivity contribution in [2.75, 3.05) is 4.72 Å². The highest BCUT2D eigenvalue weighted by molar-refractivity contribution is 7.93. The Morgan fingerprint density at radius 3 is 2.85 bits per heavy atom. The van der Waals surface area contributed by atoms with Gasteiger partial charge in [0.25, 0.3) is 10.0 Å². The second kappa shape index (κ2) is 5.31. The van der Waals surface area contributed by atoms with Gasteiger partial charge in [0.05, 0.1) is 10.6 Å². The maximum Gasteiger partial charge on any atom is 0.263 e. The van der Waals surface area contributed by atoms with Crippen LogP contribution in [0, 0.1) is 0 Å². The molecule has 1 aliphatic carbocycles. The van der Waals surface area contributed by atoms with Crippen molar-refractivity contribution in [1.29, 1.82) is 0 Å². The summed E-state index contributed by atoms with van der Waals surface area (Å²) in [7, 11) is -3.66. The zero-order valence-electron chi connectivity index (χ0n) is 10.5. The fraction of sp³-hybridized carbons (Fsp3) is 0.333. The van der Waals surface area contributed by atoms with Gasteiger partial charge in [-0.3, -0.25) is 4.72 Å². The predicted octanol–water partition coefficient (Wildman–Crippen LogP) is 2.87. The second-order valence-corrected chi connectivity index (χ2v) is 7.67. The van der Waals surface area contributed by atoms with Crippen LogP contribution < -0.4 is 4.72 Å². The average Bonchev–Trinajstić information content (AvgIpc) is 2.80. The Bertz CT molecular complexity index is 719. The molecule has 0 aromatic carbocycles. The number of pyridine rings is 1. The van der Waals surface area contributed by atoms with Crippen molar-refractivity contribution in [3.05, 3.63) is 34.1 Å². The van der Waals surface area contributed by atoms with E-state index in [1.165, 1.54) is 34.5 Å². The van der Waals surface area contributed by atoms with Gasteiger partial charge in [-0.05, 0) is 37.8 Å². The number of rotatable bonds is 3. The molecule has 0 saturated heterocycles. The fourth-order valence-corrected chi connectivity index (χ4v) is 4.66. The van der Waals surface area contributed by atoms with Gasteiger partial charge in [0.2, 0.25) is 0 Å². The summed E-state index contributed by atoms with van der Waals surface area (Å²) in [5, 5.41) is 0.566. The summed E-state index contributed by atoms with van der Waals surface area (Å²) in [6.07, 6.45) is 5.53. The third-order valence-corrected chi connectivity index (χ3v) is 5.82. The Hall–Kier alpha value is -1.18. The van der Waals surface area contributed by atoms with Gasteiger partial charge < -0.3 is 0 Å². The number of hydrogen-bond donors (Lipinski definition) is 1. The smallest absolute Gasteiger partial charge is 0.255 e. The van der Waals surface area contributed by atoms with E-state index in [2.05, 4.69) is 14.7 Å². The molecule has 0 aliphatic heterocycles. The zero-order chi connectivity index (χ0) is 14.2. The van der Waals surface area contributed by atoms with Crippen molar-refractivity contribution in [2.24, 2.45) is 0 Å². The topological polar surface area (TPSA) is 72.0 Å². The molecule has 1 aliphatic rings. The summed E-state index contributed by atoms with van der Waals surface area (Å²) in [4.78, 5) is 9.41. The maximum atomic E-state index is 12.2. The van der Waals surface area contributed by atoms with E-state index in [4.69, 9.17) is 11.6 Å². The van der Waals surface area contributed by atoms with Crippen molar-refractivity contribution in [1.82, 2.24) is 9.97 Å². The monoisotopic (exact) mass is 329 g/mol. The molecule has 0 bridgehead atoms. The van der Waals surface area contributed by atoms with E-state index in [1.54, 1.807) is 0 Å². The van der Waals surface area contributed by atoms with Gasteiger partial charge >= 0.3 is 0 Å². The Morgan fingerprint density at radius 2 is 2.10 bits per heavy atom. The van der Waals surface area contributed by atoms with Gasteiger partial charge in [-0.2, -0.15) is 0 Å². The summed E-state index contributed by atoms with van der Waals surface area (Å²) >= 11 is 7.13. The number of nitrogens with one attached hydrogen (secondary N) is 1. The van der Waals surface area contributed by atoms with Gasteiger partial charge in [0.1, 0.15) is 5.15 Å². The van der Waals surface area contributed by atoms with Crippen molar-refractivity contribution >= 4 is 38.1 Å². The second-order valence-electron chi connectivity index (χ2n) is 4.52. The van der Waals surface area contributed by atoms with E-state index < -0.39 is 10.0 Å². The number of nitrogens with zero attached hydrogens (tertiary/aromatic N) is 2. The van der Waals surface area contributed by atoms with E-state index >= 15 is 0 Å². The lowest BCUT2D eigenvalue weighted by Gasteiger charge is -2.06. The summed E-state index contributed by atoms with van der Waals surface area (Å²) in [5.74, 6) is 0. The van der Waals surface area contributed by atoms with Crippen LogP contribution in [0.2, 0.25) is 5.15 Å². The normalized spacial score (nSPS) is 14.8. The van der Waals surface area contributed by atoms with Crippen LogP contribution in [-0.2, 0) is 22.9 Å². The number of fused-ring (bicyclic) bond motifs is 1. The predicted molar refractivity (Wildman–Crippen MR) is 78.8 cm³/mol. The van der Waals surface area contributed by atoms with Gasteiger partial charge in [0, 0.05) is 11.1 Å². The lowest BCUT2D eigenvalue weighted by Crippen LogP contribution is -2.13. The van der Waals surface area contributed by atoms with Crippen LogP contribution >= 0.6 is 22.9 Å². The third kappa shape index (κ3) is 2.79. The van der Waals surface area contributed by atoms with Crippen LogP contribution in [0.15, 0.2) is 23.2 Å². The van der Waals surface area contributed by atoms with Gasteiger partial charge in [-0.15, -0.1) is 11.3 Å². The average molecular weight is 330 g/mol. The molecule has 0 amide bonds. The van der Waals surface area contributed by atoms with Crippen LogP contribution in [-0.4, -0.2) is 18.4 Å². The van der Waals surface area contributed by atoms with Gasteiger partial charge in [-0.25, -0.2) is 18.4 Å². The number of halogens is 1. The number of thiazole rings is 1. The minimum absolute atomic E-state index is 0.0886. The molecule has 2 aromatic heterocycles. The molecule has 0 atom stereocenters. The number of aryl methyl sites for hydroxylation is 2. The lowest BCUT2D eigenvalue weighted by molar-refractivity contribution is 0.601. The first-order valence-corrected chi connectivity index (χ1v) is 8.85. The molecule has 2 heterocycles. The SMILES string of the molecule is O=S(=O)(Nc1nc2c(s1)CCCC2)c1ccnc(Cl)c1. The zero-order valence-corrected chi connectivity index (χ0v) is 12.9. The molecule has 0 unspecified atom stereocenters. The third-order valence-electron chi connectivity index (χ3n) is 3.08. The number of sulfonamides is 1. The summed E-state index contributed by atoms with van der Waals surface area (Å²) in [6, 6.07) is 2.72. The highest BCUT2D eigenvalue weighted by Crippen LogP contribution is 2.30. The fourth-order valence-electron chi connectivity index (χ4n) is 2.12. The first kappa shape index (κ1) is 13.8. The summed E-state index contributed by atoms with van der Waals surface area (Å²) in [6.45, 7) is 0. The Balaban J connectivity index is 1.88.